The van der Waals surface area contributed by atoms with Crippen molar-refractivity contribution < 1.29 is 17.9 Å². The van der Waals surface area contributed by atoms with Gasteiger partial charge in [-0.05, 0) is 61.9 Å². The molecule has 3 rings (SSSR count). The first-order valence-electron chi connectivity index (χ1n) is 9.50. The molecule has 1 heterocycles. The molecule has 1 atom stereocenters. The van der Waals surface area contributed by atoms with Gasteiger partial charge in [-0.15, -0.1) is 0 Å². The number of aromatic nitrogens is 1. The van der Waals surface area contributed by atoms with Gasteiger partial charge in [-0.25, -0.2) is 13.4 Å². The molecule has 0 bridgehead atoms. The minimum Gasteiger partial charge on any atom is -0.438 e. The number of anilines is 1. The van der Waals surface area contributed by atoms with Gasteiger partial charge in [0.05, 0.1) is 4.90 Å². The fourth-order valence-corrected chi connectivity index (χ4v) is 3.64. The third-order valence-electron chi connectivity index (χ3n) is 4.38. The first-order chi connectivity index (χ1) is 14.4. The highest BCUT2D eigenvalue weighted by Crippen LogP contribution is 2.25. The van der Waals surface area contributed by atoms with Gasteiger partial charge in [0.25, 0.3) is 15.9 Å². The van der Waals surface area contributed by atoms with Gasteiger partial charge in [-0.2, -0.15) is 0 Å². The Morgan fingerprint density at radius 2 is 1.73 bits per heavy atom. The van der Waals surface area contributed by atoms with E-state index in [1.165, 1.54) is 18.3 Å². The van der Waals surface area contributed by atoms with Crippen LogP contribution in [0.3, 0.4) is 0 Å². The minimum absolute atomic E-state index is 0.0301. The summed E-state index contributed by atoms with van der Waals surface area (Å²) in [4.78, 5) is 16.8. The lowest BCUT2D eigenvalue weighted by Crippen LogP contribution is -2.32. The van der Waals surface area contributed by atoms with Crippen molar-refractivity contribution in [3.8, 4) is 11.6 Å². The van der Waals surface area contributed by atoms with Gasteiger partial charge in [-0.3, -0.25) is 9.52 Å². The number of carbonyl (C=O) groups is 1. The summed E-state index contributed by atoms with van der Waals surface area (Å²) in [6.45, 7) is 3.91. The second-order valence-corrected chi connectivity index (χ2v) is 8.37. The van der Waals surface area contributed by atoms with Crippen molar-refractivity contribution >= 4 is 21.6 Å². The van der Waals surface area contributed by atoms with Crippen LogP contribution in [0.1, 0.15) is 30.6 Å². The summed E-state index contributed by atoms with van der Waals surface area (Å²) in [5.41, 5.74) is 0.716. The smallest absolute Gasteiger partial charge is 0.261 e. The standard InChI is InChI=1S/C22H23N3O4S/c1-3-16(2)24-21(26)20-10-7-15-23-22(20)29-18-13-11-17(12-14-18)25-30(27,28)19-8-5-4-6-9-19/h4-16,25H,3H2,1-2H3,(H,24,26)/t16-/m0/s1. The van der Waals surface area contributed by atoms with Crippen molar-refractivity contribution in [2.75, 3.05) is 4.72 Å². The van der Waals surface area contributed by atoms with Crippen molar-refractivity contribution in [2.45, 2.75) is 31.2 Å². The van der Waals surface area contributed by atoms with E-state index in [4.69, 9.17) is 4.74 Å². The third kappa shape index (κ3) is 5.36. The number of carbonyl (C=O) groups excluding carboxylic acids is 1. The van der Waals surface area contributed by atoms with Crippen LogP contribution < -0.4 is 14.8 Å². The highest BCUT2D eigenvalue weighted by Gasteiger charge is 2.16. The van der Waals surface area contributed by atoms with Gasteiger partial charge in [0.15, 0.2) is 0 Å². The third-order valence-corrected chi connectivity index (χ3v) is 5.78. The normalized spacial score (nSPS) is 12.1. The number of nitrogens with one attached hydrogen (secondary N) is 2. The molecular formula is C22H23N3O4S. The Balaban J connectivity index is 1.73. The first kappa shape index (κ1) is 21.3. The molecule has 0 aliphatic heterocycles. The largest absolute Gasteiger partial charge is 0.438 e. The number of hydrogen-bond acceptors (Lipinski definition) is 5. The highest BCUT2D eigenvalue weighted by molar-refractivity contribution is 7.92. The molecule has 30 heavy (non-hydrogen) atoms. The molecule has 3 aromatic rings. The fourth-order valence-electron chi connectivity index (χ4n) is 2.56. The summed E-state index contributed by atoms with van der Waals surface area (Å²) < 4.78 is 33.1. The topological polar surface area (TPSA) is 97.4 Å². The zero-order valence-corrected chi connectivity index (χ0v) is 17.5. The molecule has 156 valence electrons. The molecule has 0 radical (unpaired) electrons. The number of hydrogen-bond donors (Lipinski definition) is 2. The molecule has 0 spiro atoms. The van der Waals surface area contributed by atoms with Crippen molar-refractivity contribution in [3.63, 3.8) is 0 Å². The van der Waals surface area contributed by atoms with Crippen molar-refractivity contribution in [2.24, 2.45) is 0 Å². The van der Waals surface area contributed by atoms with Crippen molar-refractivity contribution in [1.29, 1.82) is 0 Å². The molecule has 0 aliphatic rings. The van der Waals surface area contributed by atoms with E-state index in [-0.39, 0.29) is 22.7 Å². The summed E-state index contributed by atoms with van der Waals surface area (Å²) in [5, 5.41) is 2.89. The summed E-state index contributed by atoms with van der Waals surface area (Å²) in [5.74, 6) is 0.338. The average molecular weight is 426 g/mol. The van der Waals surface area contributed by atoms with E-state index < -0.39 is 10.0 Å². The molecule has 7 nitrogen and oxygen atoms in total. The Hall–Kier alpha value is -3.39. The Morgan fingerprint density at radius 3 is 2.40 bits per heavy atom. The van der Waals surface area contributed by atoms with E-state index in [0.29, 0.717) is 17.0 Å². The number of nitrogens with zero attached hydrogens (tertiary/aromatic N) is 1. The Bertz CT molecular complexity index is 1100. The summed E-state index contributed by atoms with van der Waals surface area (Å²) in [7, 11) is -3.67. The first-order valence-corrected chi connectivity index (χ1v) is 11.0. The van der Waals surface area contributed by atoms with Gasteiger partial charge in [0.2, 0.25) is 5.88 Å². The van der Waals surface area contributed by atoms with Crippen LogP contribution in [0.5, 0.6) is 11.6 Å². The van der Waals surface area contributed by atoms with Crippen LogP contribution in [-0.4, -0.2) is 25.4 Å². The molecule has 0 unspecified atom stereocenters. The van der Waals surface area contributed by atoms with Gasteiger partial charge in [-0.1, -0.05) is 25.1 Å². The predicted molar refractivity (Wildman–Crippen MR) is 115 cm³/mol. The Kier molecular flexibility index (Phi) is 6.68. The zero-order chi connectivity index (χ0) is 21.6. The SMILES string of the molecule is CC[C@H](C)NC(=O)c1cccnc1Oc1ccc(NS(=O)(=O)c2ccccc2)cc1. The van der Waals surface area contributed by atoms with Gasteiger partial charge >= 0.3 is 0 Å². The molecule has 8 heteroatoms. The average Bonchev–Trinajstić information content (AvgIpc) is 2.76. The summed E-state index contributed by atoms with van der Waals surface area (Å²) in [6.07, 6.45) is 2.35. The number of rotatable bonds is 8. The van der Waals surface area contributed by atoms with E-state index >= 15 is 0 Å². The molecule has 0 saturated carbocycles. The Labute approximate surface area is 176 Å². The molecule has 2 N–H and O–H groups in total. The second kappa shape index (κ2) is 9.41. The molecule has 0 saturated heterocycles. The van der Waals surface area contributed by atoms with Crippen LogP contribution in [0.4, 0.5) is 5.69 Å². The summed E-state index contributed by atoms with van der Waals surface area (Å²) in [6, 6.07) is 17.8. The van der Waals surface area contributed by atoms with Gasteiger partial charge in [0.1, 0.15) is 11.3 Å². The van der Waals surface area contributed by atoms with Crippen molar-refractivity contribution in [3.05, 3.63) is 78.5 Å². The van der Waals surface area contributed by atoms with Crippen LogP contribution in [0.15, 0.2) is 77.8 Å². The zero-order valence-electron chi connectivity index (χ0n) is 16.7. The number of amides is 1. The lowest BCUT2D eigenvalue weighted by molar-refractivity contribution is 0.0936. The van der Waals surface area contributed by atoms with E-state index in [0.717, 1.165) is 6.42 Å². The second-order valence-electron chi connectivity index (χ2n) is 6.68. The quantitative estimate of drug-likeness (QED) is 0.564. The number of ether oxygens (including phenoxy) is 1. The molecule has 1 aromatic heterocycles. The van der Waals surface area contributed by atoms with E-state index in [9.17, 15) is 13.2 Å². The lowest BCUT2D eigenvalue weighted by atomic mass is 10.2. The van der Waals surface area contributed by atoms with Crippen LogP contribution in [0, 0.1) is 0 Å². The Morgan fingerprint density at radius 1 is 1.03 bits per heavy atom. The number of benzene rings is 2. The minimum atomic E-state index is -3.67. The molecular weight excluding hydrogens is 402 g/mol. The van der Waals surface area contributed by atoms with E-state index in [1.54, 1.807) is 54.6 Å². The van der Waals surface area contributed by atoms with Gasteiger partial charge in [0, 0.05) is 17.9 Å². The van der Waals surface area contributed by atoms with Gasteiger partial charge < -0.3 is 10.1 Å². The number of pyridine rings is 1. The molecule has 2 aromatic carbocycles. The monoisotopic (exact) mass is 425 g/mol. The molecule has 0 fully saturated rings. The van der Waals surface area contributed by atoms with Crippen LogP contribution in [0.25, 0.3) is 0 Å². The van der Waals surface area contributed by atoms with Crippen LogP contribution in [-0.2, 0) is 10.0 Å². The number of sulfonamides is 1. The fraction of sp³-hybridized carbons (Fsp3) is 0.182. The molecule has 0 aliphatic carbocycles. The van der Waals surface area contributed by atoms with Crippen LogP contribution >= 0.6 is 0 Å². The maximum absolute atomic E-state index is 12.5. The molecule has 1 amide bonds. The summed E-state index contributed by atoms with van der Waals surface area (Å²) >= 11 is 0. The van der Waals surface area contributed by atoms with Crippen LogP contribution in [0.2, 0.25) is 0 Å². The highest BCUT2D eigenvalue weighted by atomic mass is 32.2. The predicted octanol–water partition coefficient (Wildman–Crippen LogP) is 4.20. The van der Waals surface area contributed by atoms with Crippen molar-refractivity contribution in [1.82, 2.24) is 10.3 Å². The maximum atomic E-state index is 12.5. The van der Waals surface area contributed by atoms with E-state index in [1.807, 2.05) is 13.8 Å². The maximum Gasteiger partial charge on any atom is 0.261 e. The lowest BCUT2D eigenvalue weighted by Gasteiger charge is -2.14. The van der Waals surface area contributed by atoms with E-state index in [2.05, 4.69) is 15.0 Å².